The molecule has 0 aliphatic carbocycles. The normalized spacial score (nSPS) is 18.1. The molecule has 1 aliphatic heterocycles. The van der Waals surface area contributed by atoms with Crippen molar-refractivity contribution in [1.82, 2.24) is 14.7 Å². The minimum Gasteiger partial charge on any atom is -0.479 e. The average molecular weight is 313 g/mol. The molecule has 1 aromatic heterocycles. The van der Waals surface area contributed by atoms with E-state index < -0.39 is 29.0 Å². The van der Waals surface area contributed by atoms with Crippen molar-refractivity contribution < 1.29 is 23.8 Å². The van der Waals surface area contributed by atoms with E-state index >= 15 is 0 Å². The summed E-state index contributed by atoms with van der Waals surface area (Å²) in [5.74, 6) is -1.67. The van der Waals surface area contributed by atoms with Gasteiger partial charge in [-0.15, -0.1) is 0 Å². The van der Waals surface area contributed by atoms with Crippen molar-refractivity contribution in [1.29, 1.82) is 0 Å². The van der Waals surface area contributed by atoms with Gasteiger partial charge >= 0.3 is 12.1 Å². The first-order valence-electron chi connectivity index (χ1n) is 7.06. The van der Waals surface area contributed by atoms with Crippen molar-refractivity contribution >= 4 is 12.1 Å². The van der Waals surface area contributed by atoms with Crippen LogP contribution in [0.4, 0.5) is 9.18 Å². The number of rotatable bonds is 2. The number of aliphatic carboxylic acids is 1. The number of likely N-dealkylation sites (tertiary alicyclic amines) is 1. The summed E-state index contributed by atoms with van der Waals surface area (Å²) in [5, 5.41) is 13.3. The van der Waals surface area contributed by atoms with Gasteiger partial charge in [-0.25, -0.2) is 14.0 Å². The molecule has 0 spiro atoms. The maximum absolute atomic E-state index is 13.1. The van der Waals surface area contributed by atoms with E-state index in [0.29, 0.717) is 0 Å². The highest BCUT2D eigenvalue weighted by Gasteiger charge is 2.45. The number of halogens is 1. The molecule has 0 aromatic carbocycles. The van der Waals surface area contributed by atoms with Gasteiger partial charge in [-0.05, 0) is 20.8 Å². The summed E-state index contributed by atoms with van der Waals surface area (Å²) in [6.45, 7) is 5.72. The van der Waals surface area contributed by atoms with Gasteiger partial charge in [0, 0.05) is 25.9 Å². The fraction of sp³-hybridized carbons (Fsp3) is 0.643. The predicted molar refractivity (Wildman–Crippen MR) is 74.8 cm³/mol. The first-order chi connectivity index (χ1) is 10.1. The first-order valence-corrected chi connectivity index (χ1v) is 7.06. The molecule has 0 saturated carbocycles. The lowest BCUT2D eigenvalue weighted by Crippen LogP contribution is -2.53. The van der Waals surface area contributed by atoms with Gasteiger partial charge in [0.15, 0.2) is 11.4 Å². The number of carbonyl (C=O) groups is 2. The molecule has 7 nitrogen and oxygen atoms in total. The number of carbonyl (C=O) groups excluding carboxylic acids is 1. The van der Waals surface area contributed by atoms with Crippen LogP contribution < -0.4 is 0 Å². The number of nitrogens with zero attached hydrogens (tertiary/aromatic N) is 3. The molecule has 0 bridgehead atoms. The topological polar surface area (TPSA) is 84.7 Å². The average Bonchev–Trinajstić information content (AvgIpc) is 2.83. The summed E-state index contributed by atoms with van der Waals surface area (Å²) in [7, 11) is 0. The van der Waals surface area contributed by atoms with Gasteiger partial charge in [-0.2, -0.15) is 5.10 Å². The van der Waals surface area contributed by atoms with Crippen LogP contribution in [0.3, 0.4) is 0 Å². The molecule has 0 unspecified atom stereocenters. The SMILES string of the molecule is CC(C)(C)OC(=O)N1CCC(C(=O)O)(n2cc(F)cn2)CC1. The first kappa shape index (κ1) is 16.3. The lowest BCUT2D eigenvalue weighted by atomic mass is 9.88. The molecule has 2 rings (SSSR count). The van der Waals surface area contributed by atoms with Crippen molar-refractivity contribution in [2.75, 3.05) is 13.1 Å². The lowest BCUT2D eigenvalue weighted by molar-refractivity contribution is -0.151. The molecule has 0 radical (unpaired) electrons. The van der Waals surface area contributed by atoms with Gasteiger partial charge in [0.05, 0.1) is 12.4 Å². The molecule has 22 heavy (non-hydrogen) atoms. The van der Waals surface area contributed by atoms with Crippen LogP contribution in [-0.2, 0) is 15.1 Å². The van der Waals surface area contributed by atoms with Crippen LogP contribution in [0.25, 0.3) is 0 Å². The van der Waals surface area contributed by atoms with E-state index in [2.05, 4.69) is 5.10 Å². The Kier molecular flexibility index (Phi) is 4.12. The van der Waals surface area contributed by atoms with E-state index in [-0.39, 0.29) is 25.9 Å². The van der Waals surface area contributed by atoms with Gasteiger partial charge in [0.25, 0.3) is 0 Å². The van der Waals surface area contributed by atoms with Crippen LogP contribution in [-0.4, -0.2) is 50.5 Å². The third-order valence-corrected chi connectivity index (χ3v) is 3.63. The molecule has 2 heterocycles. The van der Waals surface area contributed by atoms with Gasteiger partial charge in [0.2, 0.25) is 0 Å². The summed E-state index contributed by atoms with van der Waals surface area (Å²) in [6.07, 6.45) is 1.85. The van der Waals surface area contributed by atoms with E-state index in [1.54, 1.807) is 20.8 Å². The summed E-state index contributed by atoms with van der Waals surface area (Å²) >= 11 is 0. The monoisotopic (exact) mass is 313 g/mol. The van der Waals surface area contributed by atoms with Crippen LogP contribution in [0.1, 0.15) is 33.6 Å². The molecule has 8 heteroatoms. The smallest absolute Gasteiger partial charge is 0.410 e. The molecular formula is C14H20FN3O4. The lowest BCUT2D eigenvalue weighted by Gasteiger charge is -2.39. The predicted octanol–water partition coefficient (Wildman–Crippen LogP) is 1.83. The summed E-state index contributed by atoms with van der Waals surface area (Å²) in [4.78, 5) is 25.1. The van der Waals surface area contributed by atoms with Crippen molar-refractivity contribution in [3.63, 3.8) is 0 Å². The minimum absolute atomic E-state index is 0.142. The number of hydrogen-bond acceptors (Lipinski definition) is 4. The van der Waals surface area contributed by atoms with Crippen molar-refractivity contribution in [3.05, 3.63) is 18.2 Å². The van der Waals surface area contributed by atoms with E-state index in [9.17, 15) is 19.1 Å². The fourth-order valence-electron chi connectivity index (χ4n) is 2.46. The molecule has 1 amide bonds. The molecule has 1 saturated heterocycles. The Morgan fingerprint density at radius 3 is 2.36 bits per heavy atom. The molecule has 1 fully saturated rings. The van der Waals surface area contributed by atoms with Crippen molar-refractivity contribution in [2.24, 2.45) is 0 Å². The van der Waals surface area contributed by atoms with Crippen LogP contribution in [0.15, 0.2) is 12.4 Å². The molecule has 1 aromatic rings. The molecular weight excluding hydrogens is 293 g/mol. The molecule has 1 N–H and O–H groups in total. The van der Waals surface area contributed by atoms with Gasteiger partial charge < -0.3 is 14.7 Å². The number of piperidine rings is 1. The minimum atomic E-state index is -1.33. The third-order valence-electron chi connectivity index (χ3n) is 3.63. The summed E-state index contributed by atoms with van der Waals surface area (Å²) < 4.78 is 19.6. The van der Waals surface area contributed by atoms with Crippen LogP contribution in [0.2, 0.25) is 0 Å². The summed E-state index contributed by atoms with van der Waals surface area (Å²) in [5.41, 5.74) is -1.94. The van der Waals surface area contributed by atoms with E-state index in [0.717, 1.165) is 17.1 Å². The second kappa shape index (κ2) is 5.58. The Bertz CT molecular complexity index is 571. The second-order valence-electron chi connectivity index (χ2n) is 6.41. The maximum Gasteiger partial charge on any atom is 0.410 e. The second-order valence-corrected chi connectivity index (χ2v) is 6.41. The number of carboxylic acids is 1. The third kappa shape index (κ3) is 3.20. The Morgan fingerprint density at radius 1 is 1.36 bits per heavy atom. The zero-order valence-corrected chi connectivity index (χ0v) is 12.9. The zero-order chi connectivity index (χ0) is 16.5. The van der Waals surface area contributed by atoms with Gasteiger partial charge in [-0.1, -0.05) is 0 Å². The molecule has 1 aliphatic rings. The Balaban J connectivity index is 2.11. The molecule has 0 atom stereocenters. The van der Waals surface area contributed by atoms with E-state index in [1.807, 2.05) is 0 Å². The quantitative estimate of drug-likeness (QED) is 0.900. The van der Waals surface area contributed by atoms with Gasteiger partial charge in [-0.3, -0.25) is 4.68 Å². The van der Waals surface area contributed by atoms with Crippen molar-refractivity contribution in [2.45, 2.75) is 44.8 Å². The van der Waals surface area contributed by atoms with Crippen LogP contribution >= 0.6 is 0 Å². The Morgan fingerprint density at radius 2 is 1.95 bits per heavy atom. The van der Waals surface area contributed by atoms with E-state index in [1.165, 1.54) is 4.90 Å². The standard InChI is InChI=1S/C14H20FN3O4/c1-13(2,3)22-12(21)17-6-4-14(5-7-17,11(19)20)18-9-10(15)8-16-18/h8-9H,4-7H2,1-3H3,(H,19,20). The number of hydrogen-bond donors (Lipinski definition) is 1. The van der Waals surface area contributed by atoms with Crippen LogP contribution in [0.5, 0.6) is 0 Å². The Labute approximate surface area is 127 Å². The largest absolute Gasteiger partial charge is 0.479 e. The highest BCUT2D eigenvalue weighted by Crippen LogP contribution is 2.31. The molecule has 122 valence electrons. The van der Waals surface area contributed by atoms with Crippen molar-refractivity contribution in [3.8, 4) is 0 Å². The summed E-state index contributed by atoms with van der Waals surface area (Å²) in [6, 6.07) is 0. The number of ether oxygens (including phenoxy) is 1. The Hall–Kier alpha value is -2.12. The fourth-order valence-corrected chi connectivity index (χ4v) is 2.46. The van der Waals surface area contributed by atoms with Crippen LogP contribution in [0, 0.1) is 5.82 Å². The number of carboxylic acid groups (broad SMARTS) is 1. The highest BCUT2D eigenvalue weighted by molar-refractivity contribution is 5.77. The number of amides is 1. The number of aromatic nitrogens is 2. The van der Waals surface area contributed by atoms with E-state index in [4.69, 9.17) is 4.74 Å². The zero-order valence-electron chi connectivity index (χ0n) is 12.9. The maximum atomic E-state index is 13.1. The van der Waals surface area contributed by atoms with Gasteiger partial charge in [0.1, 0.15) is 5.60 Å². The highest BCUT2D eigenvalue weighted by atomic mass is 19.1.